The number of hydrogen-bond donors (Lipinski definition) is 2. The summed E-state index contributed by atoms with van der Waals surface area (Å²) in [5, 5.41) is 11.6. The molecular weight excluding hydrogens is 452 g/mol. The summed E-state index contributed by atoms with van der Waals surface area (Å²) in [7, 11) is 0. The number of aromatic amines is 1. The second-order valence-corrected chi connectivity index (χ2v) is 8.63. The third kappa shape index (κ3) is 4.14. The Morgan fingerprint density at radius 3 is 2.51 bits per heavy atom. The number of anilines is 2. The van der Waals surface area contributed by atoms with Crippen LogP contribution in [0.3, 0.4) is 0 Å². The number of halogens is 2. The molecule has 0 aliphatic heterocycles. The summed E-state index contributed by atoms with van der Waals surface area (Å²) in [5.41, 5.74) is 3.60. The van der Waals surface area contributed by atoms with Gasteiger partial charge in [-0.15, -0.1) is 0 Å². The number of alkyl halides is 2. The van der Waals surface area contributed by atoms with Crippen molar-refractivity contribution < 1.29 is 13.6 Å². The number of carbonyl (C=O) groups excluding carboxylic acids is 1. The number of hydrogen-bond acceptors (Lipinski definition) is 6. The van der Waals surface area contributed by atoms with E-state index in [1.165, 1.54) is 10.9 Å². The first-order valence-electron chi connectivity index (χ1n) is 11.0. The van der Waals surface area contributed by atoms with Gasteiger partial charge in [0.15, 0.2) is 5.82 Å². The average Bonchev–Trinajstić information content (AvgIpc) is 3.52. The highest BCUT2D eigenvalue weighted by molar-refractivity contribution is 5.92. The van der Waals surface area contributed by atoms with Crippen molar-refractivity contribution >= 4 is 28.3 Å². The molecule has 2 aromatic carbocycles. The van der Waals surface area contributed by atoms with E-state index in [2.05, 4.69) is 30.5 Å². The Labute approximate surface area is 198 Å². The molecule has 1 fully saturated rings. The van der Waals surface area contributed by atoms with Crippen molar-refractivity contribution in [3.63, 3.8) is 0 Å². The molecule has 8 nitrogen and oxygen atoms in total. The topological polar surface area (TPSA) is 101 Å². The molecule has 35 heavy (non-hydrogen) atoms. The van der Waals surface area contributed by atoms with E-state index in [1.54, 1.807) is 18.6 Å². The van der Waals surface area contributed by atoms with Crippen LogP contribution in [0.2, 0.25) is 0 Å². The number of benzene rings is 2. The fourth-order valence-electron chi connectivity index (χ4n) is 4.23. The number of H-pyrrole nitrogens is 1. The van der Waals surface area contributed by atoms with E-state index in [9.17, 15) is 13.6 Å². The van der Waals surface area contributed by atoms with Gasteiger partial charge in [0.05, 0.1) is 12.1 Å². The molecule has 0 bridgehead atoms. The van der Waals surface area contributed by atoms with Crippen LogP contribution in [-0.4, -0.2) is 41.5 Å². The van der Waals surface area contributed by atoms with Gasteiger partial charge in [-0.1, -0.05) is 24.3 Å². The van der Waals surface area contributed by atoms with E-state index in [0.29, 0.717) is 11.8 Å². The van der Waals surface area contributed by atoms with Gasteiger partial charge in [-0.2, -0.15) is 10.1 Å². The number of fused-ring (bicyclic) bond motifs is 1. The predicted octanol–water partition coefficient (Wildman–Crippen LogP) is 5.31. The van der Waals surface area contributed by atoms with Crippen LogP contribution >= 0.6 is 0 Å². The molecule has 2 N–H and O–H groups in total. The fraction of sp³-hybridized carbons (Fsp3) is 0.160. The summed E-state index contributed by atoms with van der Waals surface area (Å²) in [6.45, 7) is 0. The smallest absolute Gasteiger partial charge is 0.249 e. The van der Waals surface area contributed by atoms with Crippen molar-refractivity contribution in [1.82, 2.24) is 29.7 Å². The zero-order chi connectivity index (χ0) is 24.0. The van der Waals surface area contributed by atoms with Gasteiger partial charge in [-0.25, -0.2) is 18.7 Å². The van der Waals surface area contributed by atoms with E-state index in [1.807, 2.05) is 48.7 Å². The molecule has 1 aliphatic rings. The third-order valence-electron chi connectivity index (χ3n) is 6.14. The Kier molecular flexibility index (Phi) is 4.87. The summed E-state index contributed by atoms with van der Waals surface area (Å²) in [4.78, 5) is 25.5. The monoisotopic (exact) mass is 471 g/mol. The largest absolute Gasteiger partial charge is 0.324 e. The highest BCUT2D eigenvalue weighted by Crippen LogP contribution is 2.43. The zero-order valence-electron chi connectivity index (χ0n) is 18.3. The van der Waals surface area contributed by atoms with E-state index < -0.39 is 24.7 Å². The summed E-state index contributed by atoms with van der Waals surface area (Å²) < 4.78 is 27.7. The molecule has 10 heteroatoms. The van der Waals surface area contributed by atoms with Crippen LogP contribution in [-0.2, 0) is 0 Å². The molecule has 5 aromatic rings. The van der Waals surface area contributed by atoms with Gasteiger partial charge in [-0.3, -0.25) is 14.5 Å². The SMILES string of the molecule is O=C(C1CC(F)(F)C1)n1cc2ccc(-c3ncnc(Nc4ccc(-c5cn[nH]c5)cc4)n3)cc2c1. The van der Waals surface area contributed by atoms with Gasteiger partial charge in [0.1, 0.15) is 6.33 Å². The van der Waals surface area contributed by atoms with Crippen molar-refractivity contribution in [2.75, 3.05) is 5.32 Å². The van der Waals surface area contributed by atoms with Crippen LogP contribution in [0.1, 0.15) is 17.6 Å². The normalized spacial score (nSPS) is 15.1. The van der Waals surface area contributed by atoms with E-state index in [4.69, 9.17) is 0 Å². The van der Waals surface area contributed by atoms with Gasteiger partial charge in [0, 0.05) is 53.6 Å². The lowest BCUT2D eigenvalue weighted by Gasteiger charge is -2.33. The Bertz CT molecular complexity index is 1520. The standard InChI is InChI=1S/C25H19F2N7O/c26-25(27)8-19(9-25)23(35)34-12-17-2-1-16(7-18(17)13-34)22-28-14-29-24(33-22)32-21-5-3-15(4-6-21)20-10-30-31-11-20/h1-7,10-14,19H,8-9H2,(H,30,31)(H,28,29,32,33). The van der Waals surface area contributed by atoms with E-state index >= 15 is 0 Å². The van der Waals surface area contributed by atoms with Crippen molar-refractivity contribution in [3.05, 3.63) is 73.6 Å². The highest BCUT2D eigenvalue weighted by Gasteiger charge is 2.49. The average molecular weight is 471 g/mol. The third-order valence-corrected chi connectivity index (χ3v) is 6.14. The first-order chi connectivity index (χ1) is 16.9. The Hall–Kier alpha value is -4.47. The van der Waals surface area contributed by atoms with Crippen LogP contribution in [0.5, 0.6) is 0 Å². The van der Waals surface area contributed by atoms with Crippen LogP contribution < -0.4 is 5.32 Å². The van der Waals surface area contributed by atoms with Crippen LogP contribution in [0, 0.1) is 5.92 Å². The van der Waals surface area contributed by atoms with Gasteiger partial charge in [-0.05, 0) is 29.1 Å². The number of aromatic nitrogens is 6. The van der Waals surface area contributed by atoms with E-state index in [-0.39, 0.29) is 5.91 Å². The van der Waals surface area contributed by atoms with Crippen LogP contribution in [0.15, 0.2) is 73.6 Å². The number of nitrogens with zero attached hydrogens (tertiary/aromatic N) is 5. The molecule has 0 spiro atoms. The van der Waals surface area contributed by atoms with Crippen molar-refractivity contribution in [1.29, 1.82) is 0 Å². The Morgan fingerprint density at radius 1 is 1.00 bits per heavy atom. The zero-order valence-corrected chi connectivity index (χ0v) is 18.3. The minimum atomic E-state index is -2.73. The van der Waals surface area contributed by atoms with Gasteiger partial charge >= 0.3 is 0 Å². The van der Waals surface area contributed by atoms with Crippen molar-refractivity contribution in [2.24, 2.45) is 5.92 Å². The Balaban J connectivity index is 1.21. The number of rotatable bonds is 5. The van der Waals surface area contributed by atoms with Crippen LogP contribution in [0.25, 0.3) is 33.3 Å². The molecule has 1 saturated carbocycles. The lowest BCUT2D eigenvalue weighted by atomic mass is 9.81. The Morgan fingerprint density at radius 2 is 1.77 bits per heavy atom. The van der Waals surface area contributed by atoms with Crippen molar-refractivity contribution in [3.8, 4) is 22.5 Å². The second-order valence-electron chi connectivity index (χ2n) is 8.63. The molecular formula is C25H19F2N7O. The second kappa shape index (κ2) is 8.08. The summed E-state index contributed by atoms with van der Waals surface area (Å²) >= 11 is 0. The molecule has 3 aromatic heterocycles. The molecule has 3 heterocycles. The summed E-state index contributed by atoms with van der Waals surface area (Å²) in [6.07, 6.45) is 7.57. The van der Waals surface area contributed by atoms with Crippen LogP contribution in [0.4, 0.5) is 20.4 Å². The molecule has 0 atom stereocenters. The van der Waals surface area contributed by atoms with Gasteiger partial charge in [0.2, 0.25) is 17.8 Å². The quantitative estimate of drug-likeness (QED) is 0.360. The molecule has 0 amide bonds. The van der Waals surface area contributed by atoms with Gasteiger partial charge < -0.3 is 5.32 Å². The summed E-state index contributed by atoms with van der Waals surface area (Å²) in [5.74, 6) is -2.81. The first-order valence-corrected chi connectivity index (χ1v) is 11.0. The maximum atomic E-state index is 13.2. The molecule has 0 unspecified atom stereocenters. The minimum Gasteiger partial charge on any atom is -0.324 e. The fourth-order valence-corrected chi connectivity index (χ4v) is 4.23. The van der Waals surface area contributed by atoms with Crippen molar-refractivity contribution in [2.45, 2.75) is 18.8 Å². The molecule has 0 radical (unpaired) electrons. The number of carbonyl (C=O) groups is 1. The highest BCUT2D eigenvalue weighted by atomic mass is 19.3. The maximum Gasteiger partial charge on any atom is 0.249 e. The first kappa shape index (κ1) is 21.1. The summed E-state index contributed by atoms with van der Waals surface area (Å²) in [6, 6.07) is 13.4. The number of nitrogens with one attached hydrogen (secondary N) is 2. The minimum absolute atomic E-state index is 0.306. The van der Waals surface area contributed by atoms with E-state index in [0.717, 1.165) is 33.2 Å². The molecule has 174 valence electrons. The predicted molar refractivity (Wildman–Crippen MR) is 126 cm³/mol. The lowest BCUT2D eigenvalue weighted by molar-refractivity contribution is -0.0999. The van der Waals surface area contributed by atoms with Gasteiger partial charge in [0.25, 0.3) is 0 Å². The maximum absolute atomic E-state index is 13.2. The lowest BCUT2D eigenvalue weighted by Crippen LogP contribution is -2.41. The molecule has 6 rings (SSSR count). The molecule has 0 saturated heterocycles. The molecule has 1 aliphatic carbocycles.